The highest BCUT2D eigenvalue weighted by atomic mass is 35.5. The molecule has 1 N–H and O–H groups in total. The Morgan fingerprint density at radius 2 is 1.78 bits per heavy atom. The Labute approximate surface area is 189 Å². The number of hydrogen-bond donors (Lipinski definition) is 1. The van der Waals surface area contributed by atoms with Gasteiger partial charge in [-0.1, -0.05) is 29.8 Å². The molecule has 4 rings (SSSR count). The van der Waals surface area contributed by atoms with Crippen molar-refractivity contribution >= 4 is 34.7 Å². The van der Waals surface area contributed by atoms with E-state index < -0.39 is 17.7 Å². The molecule has 1 fully saturated rings. The molecule has 0 bridgehead atoms. The van der Waals surface area contributed by atoms with E-state index >= 15 is 0 Å². The van der Waals surface area contributed by atoms with Crippen LogP contribution in [0.15, 0.2) is 72.6 Å². The third-order valence-electron chi connectivity index (χ3n) is 5.21. The van der Waals surface area contributed by atoms with Gasteiger partial charge in [0.25, 0.3) is 11.7 Å². The van der Waals surface area contributed by atoms with Crippen LogP contribution in [0.5, 0.6) is 11.5 Å². The van der Waals surface area contributed by atoms with Crippen molar-refractivity contribution in [1.29, 1.82) is 0 Å². The van der Waals surface area contributed by atoms with Gasteiger partial charge in [0, 0.05) is 18.0 Å². The minimum Gasteiger partial charge on any atom is -0.507 e. The van der Waals surface area contributed by atoms with Crippen LogP contribution in [0.3, 0.4) is 0 Å². The molecule has 7 nitrogen and oxygen atoms in total. The predicted octanol–water partition coefficient (Wildman–Crippen LogP) is 4.38. The number of methoxy groups -OCH3 is 2. The number of Topliss-reactive ketones (excluding diaryl/α,β-unsaturated/α-hetero) is 1. The number of benzene rings is 2. The number of carbonyl (C=O) groups is 2. The van der Waals surface area contributed by atoms with Crippen LogP contribution in [0.25, 0.3) is 5.76 Å². The van der Waals surface area contributed by atoms with E-state index in [1.807, 2.05) is 0 Å². The van der Waals surface area contributed by atoms with E-state index in [9.17, 15) is 14.7 Å². The van der Waals surface area contributed by atoms with Crippen LogP contribution in [0.1, 0.15) is 17.2 Å². The second-order valence-corrected chi connectivity index (χ2v) is 7.38. The maximum Gasteiger partial charge on any atom is 0.300 e. The van der Waals surface area contributed by atoms with E-state index in [0.717, 1.165) is 0 Å². The van der Waals surface area contributed by atoms with Gasteiger partial charge in [0.2, 0.25) is 0 Å². The first-order chi connectivity index (χ1) is 15.5. The highest BCUT2D eigenvalue weighted by Crippen LogP contribution is 2.45. The van der Waals surface area contributed by atoms with Crippen molar-refractivity contribution in [3.8, 4) is 11.5 Å². The number of anilines is 1. The van der Waals surface area contributed by atoms with Crippen LogP contribution < -0.4 is 14.4 Å². The molecule has 0 radical (unpaired) electrons. The molecule has 0 aliphatic carbocycles. The number of ether oxygens (including phenoxy) is 2. The largest absolute Gasteiger partial charge is 0.507 e. The van der Waals surface area contributed by atoms with Crippen molar-refractivity contribution in [2.45, 2.75) is 6.04 Å². The van der Waals surface area contributed by atoms with Crippen LogP contribution in [-0.2, 0) is 9.59 Å². The molecule has 0 saturated carbocycles. The summed E-state index contributed by atoms with van der Waals surface area (Å²) in [5, 5.41) is 11.5. The van der Waals surface area contributed by atoms with E-state index in [4.69, 9.17) is 21.1 Å². The molecule has 3 aromatic rings. The third kappa shape index (κ3) is 3.56. The summed E-state index contributed by atoms with van der Waals surface area (Å²) < 4.78 is 10.6. The zero-order valence-electron chi connectivity index (χ0n) is 17.3. The molecule has 8 heteroatoms. The molecule has 32 heavy (non-hydrogen) atoms. The third-order valence-corrected chi connectivity index (χ3v) is 5.53. The second-order valence-electron chi connectivity index (χ2n) is 6.98. The lowest BCUT2D eigenvalue weighted by atomic mass is 9.96. The van der Waals surface area contributed by atoms with Crippen LogP contribution >= 0.6 is 11.6 Å². The number of nitrogens with zero attached hydrogens (tertiary/aromatic N) is 2. The molecule has 1 aromatic heterocycles. The summed E-state index contributed by atoms with van der Waals surface area (Å²) in [6.45, 7) is 0. The van der Waals surface area contributed by atoms with Crippen LogP contribution in [0.4, 0.5) is 5.69 Å². The number of hydrogen-bond acceptors (Lipinski definition) is 6. The molecule has 1 atom stereocenters. The first kappa shape index (κ1) is 21.4. The van der Waals surface area contributed by atoms with E-state index in [1.165, 1.54) is 25.2 Å². The number of pyridine rings is 1. The van der Waals surface area contributed by atoms with E-state index in [0.29, 0.717) is 27.8 Å². The lowest BCUT2D eigenvalue weighted by Crippen LogP contribution is -2.29. The number of halogens is 1. The molecule has 1 aliphatic rings. The Morgan fingerprint density at radius 1 is 1.03 bits per heavy atom. The van der Waals surface area contributed by atoms with Crippen molar-refractivity contribution in [3.05, 3.63) is 88.7 Å². The van der Waals surface area contributed by atoms with Gasteiger partial charge in [0.1, 0.15) is 17.3 Å². The molecular formula is C24H19ClN2O5. The first-order valence-corrected chi connectivity index (χ1v) is 10.0. The zero-order chi connectivity index (χ0) is 22.8. The van der Waals surface area contributed by atoms with Gasteiger partial charge in [-0.3, -0.25) is 19.5 Å². The maximum absolute atomic E-state index is 13.2. The molecular weight excluding hydrogens is 432 g/mol. The Bertz CT molecular complexity index is 1230. The fourth-order valence-electron chi connectivity index (χ4n) is 3.73. The standard InChI is InChI=1S/C24H19ClN2O5/c1-31-18-8-4-3-7-17(18)27-21(15-6-5-11-26-13-15)20(23(29)24(27)30)22(28)14-9-10-16(25)19(12-14)32-2/h3-13,21,28H,1-2H3/b22-20-. The predicted molar refractivity (Wildman–Crippen MR) is 120 cm³/mol. The summed E-state index contributed by atoms with van der Waals surface area (Å²) in [5.74, 6) is -1.21. The topological polar surface area (TPSA) is 89.0 Å². The Balaban J connectivity index is 1.96. The average molecular weight is 451 g/mol. The van der Waals surface area contributed by atoms with Crippen molar-refractivity contribution in [1.82, 2.24) is 4.98 Å². The maximum atomic E-state index is 13.2. The first-order valence-electron chi connectivity index (χ1n) is 9.65. The number of aliphatic hydroxyl groups excluding tert-OH is 1. The molecule has 1 aliphatic heterocycles. The van der Waals surface area contributed by atoms with Crippen molar-refractivity contribution in [3.63, 3.8) is 0 Å². The Morgan fingerprint density at radius 3 is 2.47 bits per heavy atom. The molecule has 2 heterocycles. The molecule has 1 saturated heterocycles. The minimum atomic E-state index is -0.915. The van der Waals surface area contributed by atoms with Gasteiger partial charge in [0.15, 0.2) is 0 Å². The van der Waals surface area contributed by atoms with Gasteiger partial charge in [0.05, 0.1) is 36.5 Å². The fourth-order valence-corrected chi connectivity index (χ4v) is 3.92. The Hall–Kier alpha value is -3.84. The van der Waals surface area contributed by atoms with Gasteiger partial charge >= 0.3 is 0 Å². The number of amides is 1. The Kier molecular flexibility index (Phi) is 5.83. The zero-order valence-corrected chi connectivity index (χ0v) is 18.0. The quantitative estimate of drug-likeness (QED) is 0.352. The highest BCUT2D eigenvalue weighted by molar-refractivity contribution is 6.52. The molecule has 162 valence electrons. The normalized spacial score (nSPS) is 17.5. The fraction of sp³-hybridized carbons (Fsp3) is 0.125. The molecule has 2 aromatic carbocycles. The van der Waals surface area contributed by atoms with Crippen LogP contribution in [0.2, 0.25) is 5.02 Å². The number of aromatic nitrogens is 1. The summed E-state index contributed by atoms with van der Waals surface area (Å²) in [5.41, 5.74) is 1.18. The summed E-state index contributed by atoms with van der Waals surface area (Å²) in [6.07, 6.45) is 3.14. The highest BCUT2D eigenvalue weighted by Gasteiger charge is 2.47. The van der Waals surface area contributed by atoms with Crippen molar-refractivity contribution in [2.24, 2.45) is 0 Å². The van der Waals surface area contributed by atoms with Crippen LogP contribution in [0, 0.1) is 0 Å². The molecule has 0 spiro atoms. The number of ketones is 1. The molecule has 1 amide bonds. The number of rotatable bonds is 5. The van der Waals surface area contributed by atoms with Crippen molar-refractivity contribution < 1.29 is 24.2 Å². The smallest absolute Gasteiger partial charge is 0.300 e. The summed E-state index contributed by atoms with van der Waals surface area (Å²) in [7, 11) is 2.93. The van der Waals surface area contributed by atoms with Gasteiger partial charge in [-0.2, -0.15) is 0 Å². The van der Waals surface area contributed by atoms with E-state index in [-0.39, 0.29) is 16.9 Å². The molecule has 1 unspecified atom stereocenters. The van der Waals surface area contributed by atoms with Gasteiger partial charge in [-0.05, 0) is 42.0 Å². The van der Waals surface area contributed by atoms with Gasteiger partial charge in [-0.25, -0.2) is 0 Å². The lowest BCUT2D eigenvalue weighted by Gasteiger charge is -2.26. The summed E-state index contributed by atoms with van der Waals surface area (Å²) in [6, 6.07) is 14.0. The minimum absolute atomic E-state index is 0.0710. The monoisotopic (exact) mass is 450 g/mol. The van der Waals surface area contributed by atoms with Crippen LogP contribution in [-0.4, -0.2) is 36.0 Å². The number of aliphatic hydroxyl groups is 1. The van der Waals surface area contributed by atoms with E-state index in [1.54, 1.807) is 60.9 Å². The number of carbonyl (C=O) groups excluding carboxylic acids is 2. The second kappa shape index (κ2) is 8.72. The van der Waals surface area contributed by atoms with Gasteiger partial charge in [-0.15, -0.1) is 0 Å². The van der Waals surface area contributed by atoms with Gasteiger partial charge < -0.3 is 14.6 Å². The summed E-state index contributed by atoms with van der Waals surface area (Å²) >= 11 is 6.10. The van der Waals surface area contributed by atoms with Crippen molar-refractivity contribution in [2.75, 3.05) is 19.1 Å². The lowest BCUT2D eigenvalue weighted by molar-refractivity contribution is -0.132. The van der Waals surface area contributed by atoms with E-state index in [2.05, 4.69) is 4.98 Å². The average Bonchev–Trinajstić information content (AvgIpc) is 3.09. The summed E-state index contributed by atoms with van der Waals surface area (Å²) in [4.78, 5) is 31.8. The SMILES string of the molecule is COc1cc(/C(O)=C2/C(=O)C(=O)N(c3ccccc3OC)C2c2cccnc2)ccc1Cl. The number of para-hydroxylation sites is 2.